The fraction of sp³-hybridized carbons (Fsp3) is 0.444. The molecule has 4 rings (SSSR count). The van der Waals surface area contributed by atoms with E-state index in [1.54, 1.807) is 12.1 Å². The third kappa shape index (κ3) is 3.06. The highest BCUT2D eigenvalue weighted by Crippen LogP contribution is 2.25. The van der Waals surface area contributed by atoms with Crippen molar-refractivity contribution in [2.75, 3.05) is 26.2 Å². The van der Waals surface area contributed by atoms with Crippen LogP contribution in [0.25, 0.3) is 11.3 Å². The van der Waals surface area contributed by atoms with E-state index in [4.69, 9.17) is 16.1 Å². The molecular formula is C18H20ClN3O2. The average Bonchev–Trinajstić information content (AvgIpc) is 3.33. The molecule has 1 amide bonds. The molecule has 1 atom stereocenters. The zero-order valence-electron chi connectivity index (χ0n) is 13.4. The minimum Gasteiger partial charge on any atom is -0.350 e. The number of hydrogen-bond acceptors (Lipinski definition) is 4. The van der Waals surface area contributed by atoms with E-state index in [1.807, 2.05) is 23.1 Å². The van der Waals surface area contributed by atoms with Gasteiger partial charge in [-0.2, -0.15) is 0 Å². The maximum atomic E-state index is 12.7. The Morgan fingerprint density at radius 3 is 2.83 bits per heavy atom. The Morgan fingerprint density at radius 2 is 2.04 bits per heavy atom. The Kier molecular flexibility index (Phi) is 4.29. The second-order valence-electron chi connectivity index (χ2n) is 6.52. The van der Waals surface area contributed by atoms with E-state index < -0.39 is 0 Å². The molecule has 0 bridgehead atoms. The van der Waals surface area contributed by atoms with Gasteiger partial charge in [0.25, 0.3) is 5.91 Å². The summed E-state index contributed by atoms with van der Waals surface area (Å²) in [7, 11) is 0. The number of aromatic nitrogens is 1. The third-order valence-electron chi connectivity index (χ3n) is 4.95. The highest BCUT2D eigenvalue weighted by atomic mass is 35.5. The number of likely N-dealkylation sites (tertiary alicyclic amines) is 2. The summed E-state index contributed by atoms with van der Waals surface area (Å²) < 4.78 is 5.30. The lowest BCUT2D eigenvalue weighted by molar-refractivity contribution is 0.0739. The van der Waals surface area contributed by atoms with Crippen LogP contribution in [0.3, 0.4) is 0 Å². The normalized spacial score (nSPS) is 21.5. The summed E-state index contributed by atoms with van der Waals surface area (Å²) in [6.45, 7) is 3.89. The molecule has 2 fully saturated rings. The van der Waals surface area contributed by atoms with Gasteiger partial charge in [0.1, 0.15) is 5.69 Å². The first-order valence-corrected chi connectivity index (χ1v) is 8.84. The topological polar surface area (TPSA) is 49.6 Å². The van der Waals surface area contributed by atoms with Crippen LogP contribution >= 0.6 is 11.6 Å². The van der Waals surface area contributed by atoms with Gasteiger partial charge < -0.3 is 9.42 Å². The van der Waals surface area contributed by atoms with Gasteiger partial charge in [-0.05, 0) is 44.5 Å². The second-order valence-corrected chi connectivity index (χ2v) is 6.96. The summed E-state index contributed by atoms with van der Waals surface area (Å²) in [6.07, 6.45) is 3.59. The van der Waals surface area contributed by atoms with Crippen molar-refractivity contribution in [3.63, 3.8) is 0 Å². The summed E-state index contributed by atoms with van der Waals surface area (Å²) in [5.74, 6) is 0.226. The van der Waals surface area contributed by atoms with Crippen molar-refractivity contribution in [3.05, 3.63) is 41.1 Å². The maximum Gasteiger partial charge on any atom is 0.292 e. The quantitative estimate of drug-likeness (QED) is 0.856. The maximum absolute atomic E-state index is 12.7. The van der Waals surface area contributed by atoms with Gasteiger partial charge >= 0.3 is 0 Å². The molecule has 0 N–H and O–H groups in total. The van der Waals surface area contributed by atoms with Crippen molar-refractivity contribution in [2.24, 2.45) is 0 Å². The molecule has 0 spiro atoms. The Bertz CT molecular complexity index is 739. The zero-order valence-corrected chi connectivity index (χ0v) is 14.2. The van der Waals surface area contributed by atoms with E-state index in [9.17, 15) is 4.79 Å². The van der Waals surface area contributed by atoms with E-state index in [-0.39, 0.29) is 5.91 Å². The predicted molar refractivity (Wildman–Crippen MR) is 92.1 cm³/mol. The highest BCUT2D eigenvalue weighted by Gasteiger charge is 2.33. The van der Waals surface area contributed by atoms with Crippen LogP contribution < -0.4 is 0 Å². The molecule has 126 valence electrons. The number of hydrogen-bond donors (Lipinski definition) is 0. The lowest BCUT2D eigenvalue weighted by Gasteiger charge is -2.23. The molecule has 2 aliphatic rings. The van der Waals surface area contributed by atoms with Crippen LogP contribution in [0.15, 0.2) is 34.9 Å². The van der Waals surface area contributed by atoms with Gasteiger partial charge in [-0.1, -0.05) is 28.9 Å². The molecule has 24 heavy (non-hydrogen) atoms. The smallest absolute Gasteiger partial charge is 0.292 e. The lowest BCUT2D eigenvalue weighted by Crippen LogP contribution is -2.37. The van der Waals surface area contributed by atoms with Crippen molar-refractivity contribution in [2.45, 2.75) is 25.3 Å². The molecule has 1 aromatic carbocycles. The summed E-state index contributed by atoms with van der Waals surface area (Å²) in [5, 5.41) is 4.66. The predicted octanol–water partition coefficient (Wildman–Crippen LogP) is 3.31. The van der Waals surface area contributed by atoms with Crippen LogP contribution in [0, 0.1) is 0 Å². The Hall–Kier alpha value is -1.85. The van der Waals surface area contributed by atoms with Gasteiger partial charge in [0.2, 0.25) is 5.76 Å². The molecule has 1 aromatic heterocycles. The van der Waals surface area contributed by atoms with Gasteiger partial charge in [-0.3, -0.25) is 9.69 Å². The number of rotatable bonds is 3. The molecule has 3 heterocycles. The van der Waals surface area contributed by atoms with Gasteiger partial charge in [-0.15, -0.1) is 0 Å². The SMILES string of the molecule is O=C(c1cc(-c2cccc(Cl)c2)no1)N1CCC(N2CCCC2)C1. The molecule has 6 heteroatoms. The van der Waals surface area contributed by atoms with Crippen LogP contribution in [0.1, 0.15) is 29.8 Å². The van der Waals surface area contributed by atoms with Crippen molar-refractivity contribution in [1.29, 1.82) is 0 Å². The summed E-state index contributed by atoms with van der Waals surface area (Å²) in [5.41, 5.74) is 1.48. The van der Waals surface area contributed by atoms with Crippen molar-refractivity contribution < 1.29 is 9.32 Å². The summed E-state index contributed by atoms with van der Waals surface area (Å²) in [4.78, 5) is 17.1. The molecule has 0 radical (unpaired) electrons. The molecule has 5 nitrogen and oxygen atoms in total. The second kappa shape index (κ2) is 6.57. The molecule has 1 unspecified atom stereocenters. The monoisotopic (exact) mass is 345 g/mol. The van der Waals surface area contributed by atoms with Gasteiger partial charge in [0, 0.05) is 35.8 Å². The summed E-state index contributed by atoms with van der Waals surface area (Å²) in [6, 6.07) is 9.57. The van der Waals surface area contributed by atoms with E-state index in [0.29, 0.717) is 22.5 Å². The van der Waals surface area contributed by atoms with E-state index in [0.717, 1.165) is 38.2 Å². The number of carbonyl (C=O) groups excluding carboxylic acids is 1. The van der Waals surface area contributed by atoms with Gasteiger partial charge in [-0.25, -0.2) is 0 Å². The first-order chi connectivity index (χ1) is 11.7. The first-order valence-electron chi connectivity index (χ1n) is 8.47. The van der Waals surface area contributed by atoms with Crippen molar-refractivity contribution in [3.8, 4) is 11.3 Å². The van der Waals surface area contributed by atoms with E-state index in [2.05, 4.69) is 10.1 Å². The third-order valence-corrected chi connectivity index (χ3v) is 5.18. The van der Waals surface area contributed by atoms with E-state index >= 15 is 0 Å². The number of benzene rings is 1. The molecule has 2 saturated heterocycles. The minimum absolute atomic E-state index is 0.0718. The van der Waals surface area contributed by atoms with E-state index in [1.165, 1.54) is 12.8 Å². The summed E-state index contributed by atoms with van der Waals surface area (Å²) >= 11 is 6.01. The first kappa shape index (κ1) is 15.7. The lowest BCUT2D eigenvalue weighted by atomic mass is 10.1. The number of carbonyl (C=O) groups is 1. The van der Waals surface area contributed by atoms with Crippen molar-refractivity contribution in [1.82, 2.24) is 15.0 Å². The molecule has 0 saturated carbocycles. The molecule has 0 aliphatic carbocycles. The fourth-order valence-corrected chi connectivity index (χ4v) is 3.84. The molecule has 2 aliphatic heterocycles. The fourth-order valence-electron chi connectivity index (χ4n) is 3.65. The van der Waals surface area contributed by atoms with Crippen LogP contribution in [-0.2, 0) is 0 Å². The molecule has 2 aromatic rings. The van der Waals surface area contributed by atoms with Crippen LogP contribution in [0.2, 0.25) is 5.02 Å². The largest absolute Gasteiger partial charge is 0.350 e. The standard InChI is InChI=1S/C18H20ClN3O2/c19-14-5-3-4-13(10-14)16-11-17(24-20-16)18(23)22-9-6-15(12-22)21-7-1-2-8-21/h3-5,10-11,15H,1-2,6-9,12H2. The van der Waals surface area contributed by atoms with Crippen LogP contribution in [0.5, 0.6) is 0 Å². The Morgan fingerprint density at radius 1 is 1.21 bits per heavy atom. The van der Waals surface area contributed by atoms with Gasteiger partial charge in [0.05, 0.1) is 0 Å². The minimum atomic E-state index is -0.0718. The highest BCUT2D eigenvalue weighted by molar-refractivity contribution is 6.30. The Labute approximate surface area is 146 Å². The number of nitrogens with zero attached hydrogens (tertiary/aromatic N) is 3. The Balaban J connectivity index is 1.45. The van der Waals surface area contributed by atoms with Crippen LogP contribution in [0.4, 0.5) is 0 Å². The average molecular weight is 346 g/mol. The zero-order chi connectivity index (χ0) is 16.5. The van der Waals surface area contributed by atoms with Crippen molar-refractivity contribution >= 4 is 17.5 Å². The number of amides is 1. The number of halogens is 1. The van der Waals surface area contributed by atoms with Crippen LogP contribution in [-0.4, -0.2) is 53.1 Å². The molecular weight excluding hydrogens is 326 g/mol. The van der Waals surface area contributed by atoms with Gasteiger partial charge in [0.15, 0.2) is 0 Å².